The predicted molar refractivity (Wildman–Crippen MR) is 89.5 cm³/mol. The first-order chi connectivity index (χ1) is 10.3. The zero-order chi connectivity index (χ0) is 14.7. The smallest absolute Gasteiger partial charge is 0.0171 e. The molecule has 1 aliphatic rings. The highest BCUT2D eigenvalue weighted by atomic mass is 14.9. The lowest BCUT2D eigenvalue weighted by Gasteiger charge is -2.22. The Balaban J connectivity index is 2.21. The first-order valence-electron chi connectivity index (χ1n) is 7.74. The third kappa shape index (κ3) is 2.93. The molecule has 1 heterocycles. The van der Waals surface area contributed by atoms with Crippen molar-refractivity contribution in [2.45, 2.75) is 26.7 Å². The van der Waals surface area contributed by atoms with Crippen LogP contribution in [0.15, 0.2) is 54.1 Å². The van der Waals surface area contributed by atoms with Crippen LogP contribution in [-0.4, -0.2) is 13.1 Å². The average molecular weight is 276 g/mol. The quantitative estimate of drug-likeness (QED) is 0.766. The van der Waals surface area contributed by atoms with Gasteiger partial charge >= 0.3 is 0 Å². The van der Waals surface area contributed by atoms with E-state index in [4.69, 9.17) is 0 Å². The minimum atomic E-state index is 0.969. The van der Waals surface area contributed by atoms with Gasteiger partial charge in [-0.25, -0.2) is 5.32 Å². The van der Waals surface area contributed by atoms with Gasteiger partial charge in [-0.05, 0) is 54.5 Å². The van der Waals surface area contributed by atoms with Crippen molar-refractivity contribution in [3.05, 3.63) is 76.4 Å². The number of hydrogen-bond donors (Lipinski definition) is 0. The average Bonchev–Trinajstić information content (AvgIpc) is 2.52. The molecule has 1 nitrogen and oxygen atoms in total. The molecule has 21 heavy (non-hydrogen) atoms. The summed E-state index contributed by atoms with van der Waals surface area (Å²) in [6, 6.07) is 17.5. The number of piperidine rings is 1. The van der Waals surface area contributed by atoms with Crippen LogP contribution in [0.1, 0.15) is 35.1 Å². The van der Waals surface area contributed by atoms with Crippen LogP contribution in [0.4, 0.5) is 0 Å². The summed E-state index contributed by atoms with van der Waals surface area (Å²) >= 11 is 0. The molecule has 0 saturated carbocycles. The van der Waals surface area contributed by atoms with Crippen molar-refractivity contribution in [2.24, 2.45) is 0 Å². The number of nitrogens with zero attached hydrogens (tertiary/aromatic N) is 1. The molecule has 0 atom stereocenters. The third-order valence-corrected chi connectivity index (χ3v) is 4.33. The summed E-state index contributed by atoms with van der Waals surface area (Å²) in [5.41, 5.74) is 8.47. The maximum Gasteiger partial charge on any atom is 0.0171 e. The highest BCUT2D eigenvalue weighted by Crippen LogP contribution is 2.34. The Morgan fingerprint density at radius 1 is 0.762 bits per heavy atom. The van der Waals surface area contributed by atoms with Crippen molar-refractivity contribution in [1.29, 1.82) is 0 Å². The summed E-state index contributed by atoms with van der Waals surface area (Å²) in [5, 5.41) is 4.51. The maximum absolute atomic E-state index is 4.51. The summed E-state index contributed by atoms with van der Waals surface area (Å²) in [7, 11) is 0. The van der Waals surface area contributed by atoms with E-state index in [1.165, 1.54) is 27.8 Å². The van der Waals surface area contributed by atoms with E-state index in [0.29, 0.717) is 0 Å². The largest absolute Gasteiger partial charge is 0.241 e. The summed E-state index contributed by atoms with van der Waals surface area (Å²) in [6.45, 7) is 6.36. The first kappa shape index (κ1) is 14.1. The van der Waals surface area contributed by atoms with Gasteiger partial charge in [0.05, 0.1) is 0 Å². The molecule has 1 aliphatic heterocycles. The van der Waals surface area contributed by atoms with E-state index in [-0.39, 0.29) is 0 Å². The number of aryl methyl sites for hydroxylation is 2. The van der Waals surface area contributed by atoms with Crippen molar-refractivity contribution >= 4 is 5.57 Å². The van der Waals surface area contributed by atoms with Crippen LogP contribution in [0.5, 0.6) is 0 Å². The molecule has 1 saturated heterocycles. The van der Waals surface area contributed by atoms with E-state index in [1.54, 1.807) is 5.57 Å². The second kappa shape index (κ2) is 6.28. The lowest BCUT2D eigenvalue weighted by molar-refractivity contribution is 0.600. The second-order valence-electron chi connectivity index (χ2n) is 5.78. The Kier molecular flexibility index (Phi) is 4.21. The van der Waals surface area contributed by atoms with E-state index >= 15 is 0 Å². The fourth-order valence-electron chi connectivity index (χ4n) is 3.15. The Morgan fingerprint density at radius 3 is 1.71 bits per heavy atom. The van der Waals surface area contributed by atoms with Crippen LogP contribution in [0.2, 0.25) is 0 Å². The zero-order valence-corrected chi connectivity index (χ0v) is 12.9. The molecular formula is C20H22N. The van der Waals surface area contributed by atoms with Gasteiger partial charge in [-0.1, -0.05) is 54.1 Å². The zero-order valence-electron chi connectivity index (χ0n) is 12.9. The van der Waals surface area contributed by atoms with E-state index in [1.807, 2.05) is 0 Å². The van der Waals surface area contributed by atoms with E-state index in [2.05, 4.69) is 67.7 Å². The molecule has 1 radical (unpaired) electrons. The van der Waals surface area contributed by atoms with Gasteiger partial charge in [-0.3, -0.25) is 0 Å². The highest BCUT2D eigenvalue weighted by Gasteiger charge is 2.17. The predicted octanol–water partition coefficient (Wildman–Crippen LogP) is 4.50. The maximum atomic E-state index is 4.51. The van der Waals surface area contributed by atoms with Crippen molar-refractivity contribution in [2.75, 3.05) is 13.1 Å². The van der Waals surface area contributed by atoms with Crippen LogP contribution < -0.4 is 5.32 Å². The summed E-state index contributed by atoms with van der Waals surface area (Å²) in [5.74, 6) is 0. The lowest BCUT2D eigenvalue weighted by atomic mass is 9.85. The molecule has 107 valence electrons. The molecule has 2 aromatic rings. The van der Waals surface area contributed by atoms with E-state index in [0.717, 1.165) is 25.9 Å². The fourth-order valence-corrected chi connectivity index (χ4v) is 3.15. The Morgan fingerprint density at radius 2 is 1.24 bits per heavy atom. The molecule has 2 aromatic carbocycles. The van der Waals surface area contributed by atoms with Crippen molar-refractivity contribution < 1.29 is 0 Å². The molecule has 3 rings (SSSR count). The van der Waals surface area contributed by atoms with Gasteiger partial charge in [0.2, 0.25) is 0 Å². The Hall–Kier alpha value is -1.86. The van der Waals surface area contributed by atoms with Crippen molar-refractivity contribution in [1.82, 2.24) is 5.32 Å². The molecule has 1 fully saturated rings. The van der Waals surface area contributed by atoms with Gasteiger partial charge in [0.15, 0.2) is 0 Å². The highest BCUT2D eigenvalue weighted by molar-refractivity contribution is 5.85. The minimum Gasteiger partial charge on any atom is -0.241 e. The number of hydrogen-bond acceptors (Lipinski definition) is 0. The number of benzene rings is 2. The molecule has 0 spiro atoms. The van der Waals surface area contributed by atoms with Crippen LogP contribution in [0.3, 0.4) is 0 Å². The Labute approximate surface area is 127 Å². The van der Waals surface area contributed by atoms with Gasteiger partial charge in [0, 0.05) is 13.1 Å². The molecule has 0 unspecified atom stereocenters. The molecule has 0 bridgehead atoms. The molecule has 0 N–H and O–H groups in total. The molecule has 0 aliphatic carbocycles. The SMILES string of the molecule is Cc1ccccc1C(=C1CC[N]CC1)c1ccccc1C. The van der Waals surface area contributed by atoms with E-state index in [9.17, 15) is 0 Å². The van der Waals surface area contributed by atoms with E-state index < -0.39 is 0 Å². The van der Waals surface area contributed by atoms with Crippen LogP contribution >= 0.6 is 0 Å². The monoisotopic (exact) mass is 276 g/mol. The van der Waals surface area contributed by atoms with Crippen LogP contribution in [0.25, 0.3) is 5.57 Å². The summed E-state index contributed by atoms with van der Waals surface area (Å²) < 4.78 is 0. The van der Waals surface area contributed by atoms with Gasteiger partial charge in [-0.15, -0.1) is 0 Å². The normalized spacial score (nSPS) is 15.0. The van der Waals surface area contributed by atoms with Gasteiger partial charge in [-0.2, -0.15) is 0 Å². The topological polar surface area (TPSA) is 14.1 Å². The Bertz CT molecular complexity index is 612. The minimum absolute atomic E-state index is 0.969. The molecule has 1 heteroatoms. The molecule has 0 amide bonds. The summed E-state index contributed by atoms with van der Waals surface area (Å²) in [4.78, 5) is 0. The fraction of sp³-hybridized carbons (Fsp3) is 0.300. The third-order valence-electron chi connectivity index (χ3n) is 4.33. The molecule has 0 aromatic heterocycles. The van der Waals surface area contributed by atoms with Gasteiger partial charge in [0.25, 0.3) is 0 Å². The lowest BCUT2D eigenvalue weighted by Crippen LogP contribution is -2.17. The second-order valence-corrected chi connectivity index (χ2v) is 5.78. The van der Waals surface area contributed by atoms with Crippen LogP contribution in [-0.2, 0) is 0 Å². The van der Waals surface area contributed by atoms with Crippen molar-refractivity contribution in [3.63, 3.8) is 0 Å². The molecular weight excluding hydrogens is 254 g/mol. The summed E-state index contributed by atoms with van der Waals surface area (Å²) in [6.07, 6.45) is 2.19. The van der Waals surface area contributed by atoms with Gasteiger partial charge < -0.3 is 0 Å². The standard InChI is InChI=1S/C20H22N/c1-15-7-3-5-9-18(15)20(17-11-13-21-14-12-17)19-10-6-4-8-16(19)2/h3-10H,11-14H2,1-2H3. The van der Waals surface area contributed by atoms with Gasteiger partial charge in [0.1, 0.15) is 0 Å². The van der Waals surface area contributed by atoms with Crippen molar-refractivity contribution in [3.8, 4) is 0 Å². The number of rotatable bonds is 2. The van der Waals surface area contributed by atoms with Crippen LogP contribution in [0, 0.1) is 13.8 Å². The first-order valence-corrected chi connectivity index (χ1v) is 7.74.